The van der Waals surface area contributed by atoms with Crippen LogP contribution in [0.2, 0.25) is 0 Å². The van der Waals surface area contributed by atoms with Crippen LogP contribution < -0.4 is 10.2 Å². The highest BCUT2D eigenvalue weighted by atomic mass is 16.3. The summed E-state index contributed by atoms with van der Waals surface area (Å²) < 4.78 is 5.27. The molecule has 1 saturated heterocycles. The molecule has 0 unspecified atom stereocenters. The second kappa shape index (κ2) is 2.96. The van der Waals surface area contributed by atoms with Gasteiger partial charge in [0.25, 0.3) is 0 Å². The van der Waals surface area contributed by atoms with Crippen molar-refractivity contribution in [2.75, 3.05) is 31.1 Å². The van der Waals surface area contributed by atoms with Crippen LogP contribution in [0.15, 0.2) is 22.8 Å². The quantitative estimate of drug-likeness (QED) is 0.641. The second-order valence-electron chi connectivity index (χ2n) is 2.69. The lowest BCUT2D eigenvalue weighted by molar-refractivity contribution is 0.507. The summed E-state index contributed by atoms with van der Waals surface area (Å²) in [6.45, 7) is 4.21. The van der Waals surface area contributed by atoms with Crippen molar-refractivity contribution in [3.63, 3.8) is 0 Å². The molecule has 3 heteroatoms. The summed E-state index contributed by atoms with van der Waals surface area (Å²) in [4.78, 5) is 2.25. The number of anilines is 1. The zero-order chi connectivity index (χ0) is 7.52. The van der Waals surface area contributed by atoms with E-state index in [0.717, 1.165) is 32.1 Å². The number of furan rings is 1. The van der Waals surface area contributed by atoms with Crippen LogP contribution in [-0.2, 0) is 0 Å². The fraction of sp³-hybridized carbons (Fsp3) is 0.500. The van der Waals surface area contributed by atoms with Crippen LogP contribution in [0.4, 0.5) is 5.88 Å². The first-order chi connectivity index (χ1) is 5.47. The van der Waals surface area contributed by atoms with Gasteiger partial charge in [0, 0.05) is 32.2 Å². The van der Waals surface area contributed by atoms with Gasteiger partial charge in [0.1, 0.15) is 0 Å². The zero-order valence-electron chi connectivity index (χ0n) is 6.42. The summed E-state index contributed by atoms with van der Waals surface area (Å²) >= 11 is 0. The predicted molar refractivity (Wildman–Crippen MR) is 43.8 cm³/mol. The molecule has 1 fully saturated rings. The van der Waals surface area contributed by atoms with Crippen LogP contribution in [0.1, 0.15) is 0 Å². The summed E-state index contributed by atoms with van der Waals surface area (Å²) in [6.07, 6.45) is 1.72. The van der Waals surface area contributed by atoms with E-state index in [2.05, 4.69) is 10.2 Å². The van der Waals surface area contributed by atoms with E-state index in [1.807, 2.05) is 12.1 Å². The molecule has 1 aromatic rings. The van der Waals surface area contributed by atoms with Crippen LogP contribution in [0.25, 0.3) is 0 Å². The van der Waals surface area contributed by atoms with Crippen molar-refractivity contribution in [2.45, 2.75) is 0 Å². The van der Waals surface area contributed by atoms with Crippen LogP contribution >= 0.6 is 0 Å². The van der Waals surface area contributed by atoms with Gasteiger partial charge in [0.15, 0.2) is 5.88 Å². The molecule has 0 aromatic carbocycles. The van der Waals surface area contributed by atoms with Crippen molar-refractivity contribution >= 4 is 5.88 Å². The number of nitrogens with zero attached hydrogens (tertiary/aromatic N) is 1. The standard InChI is InChI=1S/C8H12N2O/c1-2-8(11-7-1)10-5-3-9-4-6-10/h1-2,7,9H,3-6H2. The number of hydrogen-bond donors (Lipinski definition) is 1. The fourth-order valence-corrected chi connectivity index (χ4v) is 1.34. The van der Waals surface area contributed by atoms with Gasteiger partial charge in [-0.2, -0.15) is 0 Å². The maximum atomic E-state index is 5.27. The van der Waals surface area contributed by atoms with Crippen LogP contribution in [0.3, 0.4) is 0 Å². The maximum Gasteiger partial charge on any atom is 0.195 e. The van der Waals surface area contributed by atoms with Gasteiger partial charge in [-0.05, 0) is 6.07 Å². The molecule has 1 N–H and O–H groups in total. The first-order valence-corrected chi connectivity index (χ1v) is 3.96. The van der Waals surface area contributed by atoms with E-state index >= 15 is 0 Å². The molecule has 2 rings (SSSR count). The van der Waals surface area contributed by atoms with Gasteiger partial charge < -0.3 is 14.6 Å². The summed E-state index contributed by atoms with van der Waals surface area (Å²) in [5, 5.41) is 3.29. The minimum absolute atomic E-state index is 0.992. The topological polar surface area (TPSA) is 28.4 Å². The van der Waals surface area contributed by atoms with Crippen molar-refractivity contribution in [3.05, 3.63) is 18.4 Å². The minimum Gasteiger partial charge on any atom is -0.449 e. The molecular weight excluding hydrogens is 140 g/mol. The van der Waals surface area contributed by atoms with E-state index in [-0.39, 0.29) is 0 Å². The Bertz CT molecular complexity index is 202. The molecule has 1 aliphatic heterocycles. The SMILES string of the molecule is c1coc(N2CCNCC2)c1. The maximum absolute atomic E-state index is 5.27. The number of piperazine rings is 1. The molecule has 1 aliphatic rings. The van der Waals surface area contributed by atoms with Gasteiger partial charge >= 0.3 is 0 Å². The lowest BCUT2D eigenvalue weighted by Crippen LogP contribution is -2.43. The number of nitrogens with one attached hydrogen (secondary N) is 1. The molecule has 11 heavy (non-hydrogen) atoms. The summed E-state index contributed by atoms with van der Waals surface area (Å²) in [5.74, 6) is 0.992. The molecule has 0 aliphatic carbocycles. The van der Waals surface area contributed by atoms with Crippen molar-refractivity contribution in [1.29, 1.82) is 0 Å². The highest BCUT2D eigenvalue weighted by molar-refractivity contribution is 5.34. The van der Waals surface area contributed by atoms with Gasteiger partial charge in [-0.1, -0.05) is 0 Å². The second-order valence-corrected chi connectivity index (χ2v) is 2.69. The summed E-state index contributed by atoms with van der Waals surface area (Å²) in [7, 11) is 0. The summed E-state index contributed by atoms with van der Waals surface area (Å²) in [5.41, 5.74) is 0. The molecule has 0 bridgehead atoms. The first-order valence-electron chi connectivity index (χ1n) is 3.96. The van der Waals surface area contributed by atoms with Crippen molar-refractivity contribution in [2.24, 2.45) is 0 Å². The zero-order valence-corrected chi connectivity index (χ0v) is 6.42. The molecular formula is C8H12N2O. The van der Waals surface area contributed by atoms with Gasteiger partial charge in [-0.15, -0.1) is 0 Å². The van der Waals surface area contributed by atoms with Gasteiger partial charge in [-0.25, -0.2) is 0 Å². The number of rotatable bonds is 1. The lowest BCUT2D eigenvalue weighted by Gasteiger charge is -2.26. The molecule has 0 spiro atoms. The third-order valence-electron chi connectivity index (χ3n) is 1.93. The van der Waals surface area contributed by atoms with Crippen molar-refractivity contribution < 1.29 is 4.42 Å². The molecule has 3 nitrogen and oxygen atoms in total. The van der Waals surface area contributed by atoms with E-state index in [1.54, 1.807) is 6.26 Å². The predicted octanol–water partition coefficient (Wildman–Crippen LogP) is 0.689. The van der Waals surface area contributed by atoms with Gasteiger partial charge in [-0.3, -0.25) is 0 Å². The molecule has 0 amide bonds. The molecule has 2 heterocycles. The third kappa shape index (κ3) is 1.38. The third-order valence-corrected chi connectivity index (χ3v) is 1.93. The Morgan fingerprint density at radius 3 is 2.82 bits per heavy atom. The minimum atomic E-state index is 0.992. The monoisotopic (exact) mass is 152 g/mol. The highest BCUT2D eigenvalue weighted by Crippen LogP contribution is 2.13. The van der Waals surface area contributed by atoms with Crippen LogP contribution in [0, 0.1) is 0 Å². The molecule has 60 valence electrons. The highest BCUT2D eigenvalue weighted by Gasteiger charge is 2.11. The molecule has 0 saturated carbocycles. The smallest absolute Gasteiger partial charge is 0.195 e. The van der Waals surface area contributed by atoms with E-state index in [0.29, 0.717) is 0 Å². The molecule has 0 atom stereocenters. The van der Waals surface area contributed by atoms with Gasteiger partial charge in [0.05, 0.1) is 6.26 Å². The van der Waals surface area contributed by atoms with E-state index in [9.17, 15) is 0 Å². The van der Waals surface area contributed by atoms with E-state index in [4.69, 9.17) is 4.42 Å². The average Bonchev–Trinajstić information content (AvgIpc) is 2.58. The molecule has 1 aromatic heterocycles. The molecule has 0 radical (unpaired) electrons. The lowest BCUT2D eigenvalue weighted by atomic mass is 10.4. The fourth-order valence-electron chi connectivity index (χ4n) is 1.34. The Kier molecular flexibility index (Phi) is 1.81. The van der Waals surface area contributed by atoms with Crippen molar-refractivity contribution in [3.8, 4) is 0 Å². The normalized spacial score (nSPS) is 18.7. The van der Waals surface area contributed by atoms with E-state index < -0.39 is 0 Å². The average molecular weight is 152 g/mol. The van der Waals surface area contributed by atoms with Crippen LogP contribution in [0.5, 0.6) is 0 Å². The number of hydrogen-bond acceptors (Lipinski definition) is 3. The summed E-state index contributed by atoms with van der Waals surface area (Å²) in [6, 6.07) is 3.93. The Hall–Kier alpha value is -0.960. The Morgan fingerprint density at radius 1 is 1.36 bits per heavy atom. The Balaban J connectivity index is 2.04. The van der Waals surface area contributed by atoms with Crippen molar-refractivity contribution in [1.82, 2.24) is 5.32 Å². The Labute approximate surface area is 66.0 Å². The first kappa shape index (κ1) is 6.73. The van der Waals surface area contributed by atoms with Gasteiger partial charge in [0.2, 0.25) is 0 Å². The Morgan fingerprint density at radius 2 is 2.18 bits per heavy atom. The van der Waals surface area contributed by atoms with E-state index in [1.165, 1.54) is 0 Å². The van der Waals surface area contributed by atoms with Crippen LogP contribution in [-0.4, -0.2) is 26.2 Å². The largest absolute Gasteiger partial charge is 0.449 e.